The number of alkyl halides is 1. The van der Waals surface area contributed by atoms with Gasteiger partial charge in [-0.15, -0.1) is 0 Å². The molecule has 0 radical (unpaired) electrons. The van der Waals surface area contributed by atoms with E-state index in [-0.39, 0.29) is 6.17 Å². The highest BCUT2D eigenvalue weighted by Gasteiger charge is 2.06. The van der Waals surface area contributed by atoms with Gasteiger partial charge in [0.05, 0.1) is 3.92 Å². The molecule has 0 aliphatic carbocycles. The first-order valence-electron chi connectivity index (χ1n) is 3.08. The van der Waals surface area contributed by atoms with E-state index in [9.17, 15) is 0 Å². The van der Waals surface area contributed by atoms with Gasteiger partial charge in [-0.25, -0.2) is 0 Å². The van der Waals surface area contributed by atoms with E-state index in [0.717, 1.165) is 6.42 Å². The molecule has 2 nitrogen and oxygen atoms in total. The van der Waals surface area contributed by atoms with Gasteiger partial charge in [0, 0.05) is 0 Å². The Bertz CT molecular complexity index is 91.1. The van der Waals surface area contributed by atoms with Crippen LogP contribution in [0.15, 0.2) is 12.2 Å². The Kier molecular flexibility index (Phi) is 5.42. The van der Waals surface area contributed by atoms with Crippen molar-refractivity contribution in [2.24, 2.45) is 5.73 Å². The Morgan fingerprint density at radius 2 is 2.33 bits per heavy atom. The van der Waals surface area contributed by atoms with Gasteiger partial charge in [0.15, 0.2) is 6.17 Å². The Balaban J connectivity index is 3.48. The molecule has 5 N–H and O–H groups in total. The van der Waals surface area contributed by atoms with Crippen LogP contribution < -0.4 is 11.5 Å². The molecule has 0 rings (SSSR count). The third-order valence-electron chi connectivity index (χ3n) is 0.965. The van der Waals surface area contributed by atoms with Crippen molar-refractivity contribution in [3.8, 4) is 0 Å². The molecule has 0 aliphatic heterocycles. The van der Waals surface area contributed by atoms with Crippen LogP contribution >= 0.6 is 22.6 Å². The number of rotatable bonds is 3. The molecule has 3 heteroatoms. The zero-order valence-electron chi connectivity index (χ0n) is 5.68. The summed E-state index contributed by atoms with van der Waals surface area (Å²) in [5.74, 6) is 0. The summed E-state index contributed by atoms with van der Waals surface area (Å²) in [5.41, 5.74) is 9.22. The zero-order chi connectivity index (χ0) is 7.28. The lowest BCUT2D eigenvalue weighted by Gasteiger charge is -2.03. The minimum absolute atomic E-state index is 0.0217. The van der Waals surface area contributed by atoms with Crippen LogP contribution in [0.1, 0.15) is 13.3 Å². The highest BCUT2D eigenvalue weighted by molar-refractivity contribution is 14.1. The van der Waals surface area contributed by atoms with E-state index in [4.69, 9.17) is 5.73 Å². The summed E-state index contributed by atoms with van der Waals surface area (Å²) in [5, 5.41) is 0. The molecule has 0 fully saturated rings. The van der Waals surface area contributed by atoms with Crippen LogP contribution in [0.4, 0.5) is 0 Å². The van der Waals surface area contributed by atoms with Crippen molar-refractivity contribution in [3.63, 3.8) is 0 Å². The average Bonchev–Trinajstić information content (AvgIpc) is 1.82. The summed E-state index contributed by atoms with van der Waals surface area (Å²) < 4.78 is 0.377. The van der Waals surface area contributed by atoms with E-state index >= 15 is 0 Å². The fourth-order valence-corrected chi connectivity index (χ4v) is 0.702. The van der Waals surface area contributed by atoms with Crippen molar-refractivity contribution in [2.45, 2.75) is 23.4 Å². The lowest BCUT2D eigenvalue weighted by molar-refractivity contribution is -0.413. The first-order valence-corrected chi connectivity index (χ1v) is 4.32. The molecule has 0 saturated heterocycles. The van der Waals surface area contributed by atoms with Gasteiger partial charge in [0.25, 0.3) is 0 Å². The monoisotopic (exact) mass is 241 g/mol. The molecule has 2 unspecified atom stereocenters. The summed E-state index contributed by atoms with van der Waals surface area (Å²) in [6.07, 6.45) is 5.31. The standard InChI is InChI=1S/C6H13IN2/c1-2-3-4-5(7)6(8)9/h3-6H,2,8-9H2,1H3/p+1. The predicted molar refractivity (Wildman–Crippen MR) is 48.1 cm³/mol. The molecule has 9 heavy (non-hydrogen) atoms. The molecule has 0 heterocycles. The van der Waals surface area contributed by atoms with Crippen LogP contribution in [-0.2, 0) is 0 Å². The number of quaternary nitrogens is 1. The molecule has 0 aromatic rings. The fourth-order valence-electron chi connectivity index (χ4n) is 0.409. The van der Waals surface area contributed by atoms with Crippen LogP contribution in [0.2, 0.25) is 0 Å². The summed E-state index contributed by atoms with van der Waals surface area (Å²) in [7, 11) is 0. The topological polar surface area (TPSA) is 53.7 Å². The maximum absolute atomic E-state index is 5.51. The second-order valence-corrected chi connectivity index (χ2v) is 3.38. The van der Waals surface area contributed by atoms with Crippen molar-refractivity contribution in [1.82, 2.24) is 0 Å². The SMILES string of the molecule is CCC=CC(I)C(N)[NH3+]. The van der Waals surface area contributed by atoms with Gasteiger partial charge < -0.3 is 5.73 Å². The predicted octanol–water partition coefficient (Wildman–Crippen LogP) is 0.283. The number of hydrogen-bond donors (Lipinski definition) is 2. The maximum atomic E-state index is 5.51. The largest absolute Gasteiger partial charge is 0.342 e. The van der Waals surface area contributed by atoms with Gasteiger partial charge in [0.2, 0.25) is 0 Å². The fraction of sp³-hybridized carbons (Fsp3) is 0.667. The van der Waals surface area contributed by atoms with Crippen LogP contribution in [0.3, 0.4) is 0 Å². The van der Waals surface area contributed by atoms with Crippen LogP contribution in [-0.4, -0.2) is 10.1 Å². The summed E-state index contributed by atoms with van der Waals surface area (Å²) in [6, 6.07) is 0. The maximum Gasteiger partial charge on any atom is 0.151 e. The zero-order valence-corrected chi connectivity index (χ0v) is 7.84. The molecule has 0 amide bonds. The Morgan fingerprint density at radius 1 is 1.78 bits per heavy atom. The van der Waals surface area contributed by atoms with Gasteiger partial charge in [-0.1, -0.05) is 41.7 Å². The summed E-state index contributed by atoms with van der Waals surface area (Å²) >= 11 is 2.28. The third kappa shape index (κ3) is 4.87. The van der Waals surface area contributed by atoms with E-state index in [2.05, 4.69) is 47.4 Å². The van der Waals surface area contributed by atoms with Crippen LogP contribution in [0.5, 0.6) is 0 Å². The first-order chi connectivity index (χ1) is 4.18. The minimum atomic E-state index is 0.0217. The van der Waals surface area contributed by atoms with Crippen molar-refractivity contribution in [3.05, 3.63) is 12.2 Å². The molecule has 0 aromatic carbocycles. The van der Waals surface area contributed by atoms with Crippen molar-refractivity contribution in [2.75, 3.05) is 0 Å². The van der Waals surface area contributed by atoms with Crippen molar-refractivity contribution >= 4 is 22.6 Å². The summed E-state index contributed by atoms with van der Waals surface area (Å²) in [4.78, 5) is 0. The highest BCUT2D eigenvalue weighted by Crippen LogP contribution is 2.01. The van der Waals surface area contributed by atoms with E-state index in [0.29, 0.717) is 3.92 Å². The molecule has 0 bridgehead atoms. The van der Waals surface area contributed by atoms with Crippen molar-refractivity contribution < 1.29 is 5.73 Å². The van der Waals surface area contributed by atoms with Gasteiger partial charge in [-0.2, -0.15) is 0 Å². The lowest BCUT2D eigenvalue weighted by Crippen LogP contribution is -2.69. The second kappa shape index (κ2) is 5.20. The second-order valence-electron chi connectivity index (χ2n) is 1.94. The minimum Gasteiger partial charge on any atom is -0.342 e. The Hall–Kier alpha value is 0.390. The van der Waals surface area contributed by atoms with E-state index < -0.39 is 0 Å². The Labute approximate surface area is 69.8 Å². The average molecular weight is 241 g/mol. The van der Waals surface area contributed by atoms with Gasteiger partial charge in [-0.05, 0) is 6.42 Å². The summed E-state index contributed by atoms with van der Waals surface area (Å²) in [6.45, 7) is 2.11. The van der Waals surface area contributed by atoms with Crippen molar-refractivity contribution in [1.29, 1.82) is 0 Å². The van der Waals surface area contributed by atoms with E-state index in [1.807, 2.05) is 0 Å². The molecule has 0 aromatic heterocycles. The van der Waals surface area contributed by atoms with E-state index in [1.165, 1.54) is 0 Å². The highest BCUT2D eigenvalue weighted by atomic mass is 127. The van der Waals surface area contributed by atoms with Gasteiger partial charge >= 0.3 is 0 Å². The normalized spacial score (nSPS) is 18.2. The van der Waals surface area contributed by atoms with Gasteiger partial charge in [-0.3, -0.25) is 5.73 Å². The molecular formula is C6H14IN2+. The van der Waals surface area contributed by atoms with Gasteiger partial charge in [0.1, 0.15) is 0 Å². The third-order valence-corrected chi connectivity index (χ3v) is 2.30. The Morgan fingerprint density at radius 3 is 2.67 bits per heavy atom. The number of allylic oxidation sites excluding steroid dienone is 1. The molecule has 2 atom stereocenters. The number of nitrogens with two attached hydrogens (primary N) is 1. The molecular weight excluding hydrogens is 227 g/mol. The molecule has 0 aliphatic rings. The number of halogens is 1. The molecule has 0 spiro atoms. The van der Waals surface area contributed by atoms with Crippen LogP contribution in [0.25, 0.3) is 0 Å². The number of hydrogen-bond acceptors (Lipinski definition) is 1. The molecule has 0 saturated carbocycles. The van der Waals surface area contributed by atoms with Crippen LogP contribution in [0, 0.1) is 0 Å². The smallest absolute Gasteiger partial charge is 0.151 e. The molecule has 54 valence electrons. The van der Waals surface area contributed by atoms with E-state index in [1.54, 1.807) is 0 Å². The quantitative estimate of drug-likeness (QED) is 0.317. The first kappa shape index (κ1) is 9.39. The lowest BCUT2D eigenvalue weighted by atomic mass is 10.3.